The molecule has 0 N–H and O–H groups in total. The zero-order chi connectivity index (χ0) is 17.9. The Bertz CT molecular complexity index is 855. The van der Waals surface area contributed by atoms with Crippen molar-refractivity contribution in [1.29, 1.82) is 2.56 Å². The lowest BCUT2D eigenvalue weighted by atomic mass is 10.0. The molecule has 0 amide bonds. The summed E-state index contributed by atoms with van der Waals surface area (Å²) in [6.45, 7) is 6.48. The van der Waals surface area contributed by atoms with E-state index < -0.39 is 8.04 Å². The Morgan fingerprint density at radius 3 is 2.18 bits per heavy atom. The van der Waals surface area contributed by atoms with E-state index in [0.29, 0.717) is 0 Å². The normalized spacial score (nSPS) is 12.2. The first kappa shape index (κ1) is 14.8. The minimum Gasteiger partial charge on any atom is -0.326 e. The molecule has 3 aromatic rings. The molecule has 5 heteroatoms. The second kappa shape index (κ2) is 8.22. The van der Waals surface area contributed by atoms with Gasteiger partial charge < -0.3 is 4.57 Å². The molecule has 0 aliphatic carbocycles. The molecular weight excluding hydrogens is 346 g/mol. The fourth-order valence-corrected chi connectivity index (χ4v) is 4.23. The maximum absolute atomic E-state index is 9.51. The summed E-state index contributed by atoms with van der Waals surface area (Å²) in [5.41, 5.74) is 3.99. The lowest BCUT2D eigenvalue weighted by molar-refractivity contribution is 0.605. The number of rotatable bonds is 2. The molecule has 0 aliphatic rings. The van der Waals surface area contributed by atoms with Crippen LogP contribution in [0.4, 0.5) is 0 Å². The topological polar surface area (TPSA) is 17.1 Å². The summed E-state index contributed by atoms with van der Waals surface area (Å²) in [5, 5.41) is 0. The van der Waals surface area contributed by atoms with Gasteiger partial charge in [-0.3, -0.25) is 0 Å². The van der Waals surface area contributed by atoms with Crippen LogP contribution in [0.3, 0.4) is 0 Å². The second-order valence-electron chi connectivity index (χ2n) is 4.98. The van der Waals surface area contributed by atoms with Crippen LogP contribution in [0.25, 0.3) is 20.9 Å². The summed E-state index contributed by atoms with van der Waals surface area (Å²) in [5.74, 6) is 0. The maximum Gasteiger partial charge on any atom is 0.101 e. The largest absolute Gasteiger partial charge is 0.326 e. The molecule has 1 aromatic carbocycles. The summed E-state index contributed by atoms with van der Waals surface area (Å²) < 4.78 is 21.8. The minimum absolute atomic E-state index is 1.31. The SMILES string of the molecule is Cc1ccc(-c2cc(C)sc2-c2ccc(C)s2)cc1.[3H]P([3H])(=O)P. The lowest BCUT2D eigenvalue weighted by Gasteiger charge is -2.03. The predicted octanol–water partition coefficient (Wildman–Crippen LogP) is 6.60. The molecule has 2 aromatic heterocycles. The van der Waals surface area contributed by atoms with Crippen molar-refractivity contribution in [1.82, 2.24) is 0 Å². The van der Waals surface area contributed by atoms with Gasteiger partial charge in [-0.2, -0.15) is 0 Å². The van der Waals surface area contributed by atoms with Gasteiger partial charge in [-0.15, -0.1) is 22.7 Å². The number of thiophene rings is 2. The first-order valence-electron chi connectivity index (χ1n) is 7.71. The molecule has 22 heavy (non-hydrogen) atoms. The van der Waals surface area contributed by atoms with Gasteiger partial charge in [0.05, 0.1) is 12.9 Å². The number of hydrogen-bond donors (Lipinski definition) is 0. The van der Waals surface area contributed by atoms with E-state index in [4.69, 9.17) is 2.56 Å². The van der Waals surface area contributed by atoms with Crippen molar-refractivity contribution in [2.75, 3.05) is 0 Å². The molecule has 0 radical (unpaired) electrons. The molecule has 116 valence electrons. The van der Waals surface area contributed by atoms with Gasteiger partial charge in [-0.05, 0) is 44.5 Å². The van der Waals surface area contributed by atoms with E-state index in [1.807, 2.05) is 22.7 Å². The second-order valence-corrected chi connectivity index (χ2v) is 8.37. The van der Waals surface area contributed by atoms with Crippen LogP contribution in [0.5, 0.6) is 0 Å². The highest BCUT2D eigenvalue weighted by Crippen LogP contribution is 2.41. The first-order chi connectivity index (χ1) is 11.1. The third kappa shape index (κ3) is 4.40. The molecule has 1 unspecified atom stereocenters. The van der Waals surface area contributed by atoms with Crippen molar-refractivity contribution >= 4 is 39.6 Å². The maximum atomic E-state index is 9.51. The van der Waals surface area contributed by atoms with E-state index in [1.54, 1.807) is 8.93 Å². The van der Waals surface area contributed by atoms with Crippen molar-refractivity contribution in [2.24, 2.45) is 0 Å². The molecule has 0 saturated heterocycles. The molecule has 0 aliphatic heterocycles. The van der Waals surface area contributed by atoms with Gasteiger partial charge in [-0.1, -0.05) is 38.8 Å². The summed E-state index contributed by atoms with van der Waals surface area (Å²) >= 11 is 3.77. The van der Waals surface area contributed by atoms with Crippen molar-refractivity contribution in [3.8, 4) is 20.9 Å². The van der Waals surface area contributed by atoms with E-state index in [0.717, 1.165) is 0 Å². The fourth-order valence-electron chi connectivity index (χ4n) is 2.20. The molecule has 0 saturated carbocycles. The molecule has 0 bridgehead atoms. The Hall–Kier alpha value is -0.720. The van der Waals surface area contributed by atoms with Crippen LogP contribution >= 0.6 is 39.6 Å². The fraction of sp³-hybridized carbons (Fsp3) is 0.176. The molecule has 0 spiro atoms. The molecular formula is C17H20OP2S2. The smallest absolute Gasteiger partial charge is 0.101 e. The standard InChI is InChI=1S/C17H16S2.H4OP2/c1-11-4-7-14(8-5-11)15-10-13(3)19-17(15)16-9-6-12(2)18-16;1-3-2/h4-10H,1-3H3;2-3H2/i;3T2. The van der Waals surface area contributed by atoms with Gasteiger partial charge in [0, 0.05) is 20.2 Å². The Balaban J connectivity index is 0.000000368. The summed E-state index contributed by atoms with van der Waals surface area (Å²) in [6.07, 6.45) is 0. The molecule has 1 nitrogen and oxygen atoms in total. The zero-order valence-electron chi connectivity index (χ0n) is 14.8. The first-order valence-corrected chi connectivity index (χ1v) is 10.9. The van der Waals surface area contributed by atoms with Crippen LogP contribution in [0.2, 0.25) is 0 Å². The molecule has 0 fully saturated rings. The van der Waals surface area contributed by atoms with Crippen LogP contribution in [0.15, 0.2) is 42.5 Å². The summed E-state index contributed by atoms with van der Waals surface area (Å²) in [6, 6.07) is 15.6. The average molecular weight is 370 g/mol. The van der Waals surface area contributed by atoms with Crippen LogP contribution in [-0.2, 0) is 4.57 Å². The number of aryl methyl sites for hydroxylation is 3. The van der Waals surface area contributed by atoms with E-state index in [2.05, 4.69) is 63.2 Å². The number of hydrogen-bond acceptors (Lipinski definition) is 3. The molecule has 3 rings (SSSR count). The van der Waals surface area contributed by atoms with Crippen molar-refractivity contribution < 1.29 is 4.57 Å². The van der Waals surface area contributed by atoms with Crippen molar-refractivity contribution in [3.63, 3.8) is 0 Å². The van der Waals surface area contributed by atoms with Crippen LogP contribution in [0, 0.1) is 20.8 Å². The van der Waals surface area contributed by atoms with Crippen LogP contribution in [-0.4, -0.2) is 2.56 Å². The van der Waals surface area contributed by atoms with E-state index in [9.17, 15) is 4.57 Å². The van der Waals surface area contributed by atoms with E-state index >= 15 is 0 Å². The van der Waals surface area contributed by atoms with Gasteiger partial charge in [0.25, 0.3) is 0 Å². The highest BCUT2D eigenvalue weighted by Gasteiger charge is 2.12. The quantitative estimate of drug-likeness (QED) is 0.464. The third-order valence-corrected chi connectivity index (χ3v) is 5.41. The van der Waals surface area contributed by atoms with Crippen molar-refractivity contribution in [3.05, 3.63) is 57.8 Å². The lowest BCUT2D eigenvalue weighted by Crippen LogP contribution is -1.77. The minimum atomic E-state index is -3.22. The van der Waals surface area contributed by atoms with Gasteiger partial charge in [0.1, 0.15) is 2.56 Å². The summed E-state index contributed by atoms with van der Waals surface area (Å²) in [4.78, 5) is 5.53. The Morgan fingerprint density at radius 2 is 1.64 bits per heavy atom. The third-order valence-electron chi connectivity index (χ3n) is 3.18. The molecule has 1 atom stereocenters. The Kier molecular flexibility index (Phi) is 5.55. The van der Waals surface area contributed by atoms with E-state index in [1.165, 1.54) is 36.2 Å². The van der Waals surface area contributed by atoms with Crippen LogP contribution in [0.1, 0.15) is 15.3 Å². The van der Waals surface area contributed by atoms with Gasteiger partial charge in [-0.25, -0.2) is 0 Å². The number of benzene rings is 1. The van der Waals surface area contributed by atoms with Crippen molar-refractivity contribution in [2.45, 2.75) is 20.8 Å². The predicted molar refractivity (Wildman–Crippen MR) is 107 cm³/mol. The Labute approximate surface area is 146 Å². The van der Waals surface area contributed by atoms with Gasteiger partial charge in [0.2, 0.25) is 0 Å². The molecule has 2 heterocycles. The highest BCUT2D eigenvalue weighted by atomic mass is 32.1. The zero-order valence-corrected chi connectivity index (χ0v) is 16.5. The highest BCUT2D eigenvalue weighted by molar-refractivity contribution is 7.96. The Morgan fingerprint density at radius 1 is 1.00 bits per heavy atom. The van der Waals surface area contributed by atoms with E-state index in [-0.39, 0.29) is 0 Å². The van der Waals surface area contributed by atoms with Crippen LogP contribution < -0.4 is 0 Å². The summed E-state index contributed by atoms with van der Waals surface area (Å²) in [7, 11) is -1.62. The average Bonchev–Trinajstić information content (AvgIpc) is 3.04. The van der Waals surface area contributed by atoms with Gasteiger partial charge in [0.15, 0.2) is 0 Å². The monoisotopic (exact) mass is 370 g/mol. The van der Waals surface area contributed by atoms with Gasteiger partial charge >= 0.3 is 0 Å².